The molecule has 1 aromatic rings. The molecular weight excluding hydrogens is 282 g/mol. The Hall–Kier alpha value is -2.08. The SMILES string of the molecule is CN(C[C@H]1CCCN1C(=O)OCc1ccccc1)C(=O)CN. The zero-order valence-electron chi connectivity index (χ0n) is 12.9. The van der Waals surface area contributed by atoms with Crippen molar-refractivity contribution in [2.75, 3.05) is 26.7 Å². The van der Waals surface area contributed by atoms with Gasteiger partial charge in [-0.3, -0.25) is 4.79 Å². The van der Waals surface area contributed by atoms with Gasteiger partial charge in [0.2, 0.25) is 5.91 Å². The molecule has 22 heavy (non-hydrogen) atoms. The monoisotopic (exact) mass is 305 g/mol. The molecule has 1 fully saturated rings. The van der Waals surface area contributed by atoms with Crippen molar-refractivity contribution in [3.05, 3.63) is 35.9 Å². The first kappa shape index (κ1) is 16.3. The predicted octanol–water partition coefficient (Wildman–Crippen LogP) is 1.20. The molecule has 1 aliphatic rings. The number of benzene rings is 1. The lowest BCUT2D eigenvalue weighted by Crippen LogP contribution is -2.45. The fourth-order valence-electron chi connectivity index (χ4n) is 2.64. The number of nitrogens with two attached hydrogens (primary N) is 1. The van der Waals surface area contributed by atoms with Gasteiger partial charge in [0.05, 0.1) is 12.6 Å². The van der Waals surface area contributed by atoms with Crippen molar-refractivity contribution >= 4 is 12.0 Å². The van der Waals surface area contributed by atoms with Crippen LogP contribution in [0.5, 0.6) is 0 Å². The highest BCUT2D eigenvalue weighted by Gasteiger charge is 2.31. The summed E-state index contributed by atoms with van der Waals surface area (Å²) in [6, 6.07) is 9.59. The van der Waals surface area contributed by atoms with E-state index >= 15 is 0 Å². The summed E-state index contributed by atoms with van der Waals surface area (Å²) in [5.74, 6) is -0.121. The number of likely N-dealkylation sites (tertiary alicyclic amines) is 1. The molecule has 2 amide bonds. The highest BCUT2D eigenvalue weighted by Crippen LogP contribution is 2.19. The van der Waals surface area contributed by atoms with Gasteiger partial charge in [-0.05, 0) is 18.4 Å². The molecule has 0 unspecified atom stereocenters. The molecule has 120 valence electrons. The zero-order chi connectivity index (χ0) is 15.9. The van der Waals surface area contributed by atoms with Gasteiger partial charge in [0, 0.05) is 20.1 Å². The summed E-state index contributed by atoms with van der Waals surface area (Å²) in [7, 11) is 1.71. The molecule has 6 heteroatoms. The van der Waals surface area contributed by atoms with Crippen molar-refractivity contribution in [2.24, 2.45) is 5.73 Å². The average molecular weight is 305 g/mol. The zero-order valence-corrected chi connectivity index (χ0v) is 12.9. The maximum absolute atomic E-state index is 12.2. The van der Waals surface area contributed by atoms with Gasteiger partial charge in [0.15, 0.2) is 0 Å². The van der Waals surface area contributed by atoms with E-state index in [9.17, 15) is 9.59 Å². The van der Waals surface area contributed by atoms with Crippen molar-refractivity contribution in [3.63, 3.8) is 0 Å². The Balaban J connectivity index is 1.86. The lowest BCUT2D eigenvalue weighted by molar-refractivity contribution is -0.129. The first-order chi connectivity index (χ1) is 10.6. The van der Waals surface area contributed by atoms with Crippen LogP contribution in [0.15, 0.2) is 30.3 Å². The van der Waals surface area contributed by atoms with E-state index in [4.69, 9.17) is 10.5 Å². The van der Waals surface area contributed by atoms with Gasteiger partial charge in [0.25, 0.3) is 0 Å². The van der Waals surface area contributed by atoms with Crippen molar-refractivity contribution in [3.8, 4) is 0 Å². The molecule has 0 saturated carbocycles. The van der Waals surface area contributed by atoms with Crippen molar-refractivity contribution in [1.29, 1.82) is 0 Å². The second-order valence-corrected chi connectivity index (χ2v) is 5.51. The molecule has 1 aromatic carbocycles. The average Bonchev–Trinajstić information content (AvgIpc) is 3.00. The predicted molar refractivity (Wildman–Crippen MR) is 83.0 cm³/mol. The Morgan fingerprint density at radius 1 is 1.36 bits per heavy atom. The molecule has 2 rings (SSSR count). The van der Waals surface area contributed by atoms with Crippen LogP contribution in [0, 0.1) is 0 Å². The Labute approximate surface area is 130 Å². The second kappa shape index (κ2) is 7.79. The minimum atomic E-state index is -0.319. The van der Waals surface area contributed by atoms with Crippen LogP contribution < -0.4 is 5.73 Å². The van der Waals surface area contributed by atoms with Crippen molar-refractivity contribution in [2.45, 2.75) is 25.5 Å². The lowest BCUT2D eigenvalue weighted by atomic mass is 10.2. The fourth-order valence-corrected chi connectivity index (χ4v) is 2.64. The third-order valence-electron chi connectivity index (χ3n) is 3.90. The summed E-state index contributed by atoms with van der Waals surface area (Å²) in [5, 5.41) is 0. The summed E-state index contributed by atoms with van der Waals surface area (Å²) >= 11 is 0. The minimum Gasteiger partial charge on any atom is -0.445 e. The van der Waals surface area contributed by atoms with Crippen LogP contribution in [0.2, 0.25) is 0 Å². The van der Waals surface area contributed by atoms with Gasteiger partial charge in [0.1, 0.15) is 6.61 Å². The molecule has 1 heterocycles. The van der Waals surface area contributed by atoms with Crippen LogP contribution in [0.1, 0.15) is 18.4 Å². The second-order valence-electron chi connectivity index (χ2n) is 5.51. The summed E-state index contributed by atoms with van der Waals surface area (Å²) < 4.78 is 5.37. The van der Waals surface area contributed by atoms with Gasteiger partial charge in [-0.1, -0.05) is 30.3 Å². The molecule has 2 N–H and O–H groups in total. The van der Waals surface area contributed by atoms with E-state index in [1.807, 2.05) is 30.3 Å². The van der Waals surface area contributed by atoms with E-state index in [1.165, 1.54) is 0 Å². The van der Waals surface area contributed by atoms with Crippen LogP contribution in [0.25, 0.3) is 0 Å². The Morgan fingerprint density at radius 3 is 2.77 bits per heavy atom. The largest absolute Gasteiger partial charge is 0.445 e. The number of nitrogens with zero attached hydrogens (tertiary/aromatic N) is 2. The Bertz CT molecular complexity index is 507. The van der Waals surface area contributed by atoms with E-state index in [-0.39, 0.29) is 31.2 Å². The number of hydrogen-bond donors (Lipinski definition) is 1. The molecule has 1 atom stereocenters. The van der Waals surface area contributed by atoms with Crippen LogP contribution in [0.3, 0.4) is 0 Å². The summed E-state index contributed by atoms with van der Waals surface area (Å²) in [5.41, 5.74) is 6.32. The van der Waals surface area contributed by atoms with Gasteiger partial charge in [-0.25, -0.2) is 4.79 Å². The van der Waals surface area contributed by atoms with E-state index in [2.05, 4.69) is 0 Å². The highest BCUT2D eigenvalue weighted by molar-refractivity contribution is 5.77. The molecule has 0 aliphatic carbocycles. The Morgan fingerprint density at radius 2 is 2.09 bits per heavy atom. The highest BCUT2D eigenvalue weighted by atomic mass is 16.6. The number of carbonyl (C=O) groups is 2. The number of ether oxygens (including phenoxy) is 1. The number of hydrogen-bond acceptors (Lipinski definition) is 4. The van der Waals surface area contributed by atoms with Crippen LogP contribution in [0.4, 0.5) is 4.79 Å². The molecule has 1 saturated heterocycles. The molecule has 6 nitrogen and oxygen atoms in total. The van der Waals surface area contributed by atoms with Gasteiger partial charge in [-0.2, -0.15) is 0 Å². The minimum absolute atomic E-state index is 0.00349. The number of carbonyl (C=O) groups excluding carboxylic acids is 2. The smallest absolute Gasteiger partial charge is 0.410 e. The molecule has 0 bridgehead atoms. The first-order valence-corrected chi connectivity index (χ1v) is 7.53. The summed E-state index contributed by atoms with van der Waals surface area (Å²) in [4.78, 5) is 27.1. The standard InChI is InChI=1S/C16H23N3O3/c1-18(15(20)10-17)11-14-8-5-9-19(14)16(21)22-12-13-6-3-2-4-7-13/h2-4,6-7,14H,5,8-12,17H2,1H3/t14-/m1/s1. The van der Waals surface area contributed by atoms with Gasteiger partial charge in [-0.15, -0.1) is 0 Å². The van der Waals surface area contributed by atoms with E-state index < -0.39 is 0 Å². The summed E-state index contributed by atoms with van der Waals surface area (Å²) in [6.07, 6.45) is 1.48. The number of likely N-dealkylation sites (N-methyl/N-ethyl adjacent to an activating group) is 1. The number of rotatable bonds is 5. The number of amides is 2. The van der Waals surface area contributed by atoms with Crippen LogP contribution in [-0.2, 0) is 16.1 Å². The molecule has 0 aromatic heterocycles. The molecular formula is C16H23N3O3. The van der Waals surface area contributed by atoms with E-state index in [1.54, 1.807) is 16.8 Å². The lowest BCUT2D eigenvalue weighted by Gasteiger charge is -2.28. The third-order valence-corrected chi connectivity index (χ3v) is 3.90. The fraction of sp³-hybridized carbons (Fsp3) is 0.500. The molecule has 0 spiro atoms. The Kier molecular flexibility index (Phi) is 5.77. The molecule has 1 aliphatic heterocycles. The first-order valence-electron chi connectivity index (χ1n) is 7.53. The normalized spacial score (nSPS) is 17.4. The third kappa shape index (κ3) is 4.21. The molecule has 0 radical (unpaired) electrons. The maximum Gasteiger partial charge on any atom is 0.410 e. The topological polar surface area (TPSA) is 75.9 Å². The van der Waals surface area contributed by atoms with Crippen molar-refractivity contribution in [1.82, 2.24) is 9.80 Å². The summed E-state index contributed by atoms with van der Waals surface area (Å²) in [6.45, 7) is 1.42. The maximum atomic E-state index is 12.2. The van der Waals surface area contributed by atoms with Gasteiger partial charge < -0.3 is 20.3 Å². The van der Waals surface area contributed by atoms with Crippen LogP contribution in [-0.4, -0.2) is 54.5 Å². The van der Waals surface area contributed by atoms with E-state index in [0.717, 1.165) is 18.4 Å². The van der Waals surface area contributed by atoms with Crippen LogP contribution >= 0.6 is 0 Å². The quantitative estimate of drug-likeness (QED) is 0.887. The van der Waals surface area contributed by atoms with E-state index in [0.29, 0.717) is 13.1 Å². The van der Waals surface area contributed by atoms with Crippen molar-refractivity contribution < 1.29 is 14.3 Å². The van der Waals surface area contributed by atoms with Gasteiger partial charge >= 0.3 is 6.09 Å².